The Balaban J connectivity index is 1.92. The molecule has 0 saturated heterocycles. The predicted octanol–water partition coefficient (Wildman–Crippen LogP) is 4.48. The molecule has 0 aliphatic carbocycles. The zero-order valence-corrected chi connectivity index (χ0v) is 17.1. The third kappa shape index (κ3) is 3.23. The summed E-state index contributed by atoms with van der Waals surface area (Å²) in [6.07, 6.45) is 0.807. The van der Waals surface area contributed by atoms with Crippen LogP contribution in [0, 0.1) is 0 Å². The van der Waals surface area contributed by atoms with Crippen molar-refractivity contribution in [1.82, 2.24) is 8.94 Å². The molecular weight excluding hydrogens is 425 g/mol. The second-order valence-electron chi connectivity index (χ2n) is 6.24. The van der Waals surface area contributed by atoms with Gasteiger partial charge in [-0.1, -0.05) is 95.5 Å². The topological polar surface area (TPSA) is 47.2 Å². The molecule has 0 radical (unpaired) electrons. The van der Waals surface area contributed by atoms with Crippen molar-refractivity contribution in [3.8, 4) is 0 Å². The number of carbonyl (C=O) groups is 1. The Labute approximate surface area is 175 Å². The van der Waals surface area contributed by atoms with E-state index < -0.39 is 15.1 Å². The lowest BCUT2D eigenvalue weighted by atomic mass is 9.73. The lowest BCUT2D eigenvalue weighted by molar-refractivity contribution is -0.117. The molecule has 0 N–H and O–H groups in total. The van der Waals surface area contributed by atoms with Crippen LogP contribution in [0.5, 0.6) is 0 Å². The summed E-state index contributed by atoms with van der Waals surface area (Å²) in [6, 6.07) is 20.5. The van der Waals surface area contributed by atoms with Gasteiger partial charge in [-0.2, -0.15) is 9.37 Å². The average molecular weight is 439 g/mol. The number of aromatic nitrogens is 2. The van der Waals surface area contributed by atoms with Crippen LogP contribution in [-0.4, -0.2) is 18.6 Å². The lowest BCUT2D eigenvalue weighted by Crippen LogP contribution is -2.28. The van der Waals surface area contributed by atoms with E-state index in [0.717, 1.165) is 34.9 Å². The largest absolute Gasteiger partial charge is 0.303 e. The number of carbonyl (C=O) groups excluding carboxylic acids is 1. The number of halogens is 3. The fourth-order valence-electron chi connectivity index (χ4n) is 3.56. The van der Waals surface area contributed by atoms with E-state index >= 15 is 0 Å². The highest BCUT2D eigenvalue weighted by atomic mass is 35.6. The summed E-state index contributed by atoms with van der Waals surface area (Å²) < 4.78 is 4.53. The van der Waals surface area contributed by atoms with Crippen molar-refractivity contribution in [3.63, 3.8) is 0 Å². The molecule has 2 aromatic carbocycles. The summed E-state index contributed by atoms with van der Waals surface area (Å²) in [5.41, 5.74) is 1.88. The molecule has 0 spiro atoms. The molecule has 4 rings (SSSR count). The summed E-state index contributed by atoms with van der Waals surface area (Å²) in [4.78, 5) is 16.5. The van der Waals surface area contributed by atoms with Crippen molar-refractivity contribution in [2.24, 2.45) is 4.99 Å². The second kappa shape index (κ2) is 7.06. The lowest BCUT2D eigenvalue weighted by Gasteiger charge is -2.28. The fraction of sp³-hybridized carbons (Fsp3) is 0.211. The van der Waals surface area contributed by atoms with E-state index in [1.54, 1.807) is 0 Å². The molecule has 0 bridgehead atoms. The molecule has 2 heterocycles. The number of nitrogens with zero attached hydrogens (tertiary/aromatic N) is 3. The molecule has 1 aliphatic heterocycles. The highest BCUT2D eigenvalue weighted by molar-refractivity contribution is 7.02. The highest BCUT2D eigenvalue weighted by Crippen LogP contribution is 2.45. The monoisotopic (exact) mass is 437 g/mol. The zero-order chi connectivity index (χ0) is 19.1. The first-order chi connectivity index (χ1) is 12.9. The van der Waals surface area contributed by atoms with Gasteiger partial charge in [-0.25, -0.2) is 0 Å². The zero-order valence-electron chi connectivity index (χ0n) is 14.0. The van der Waals surface area contributed by atoms with E-state index in [0.29, 0.717) is 11.3 Å². The number of benzene rings is 2. The number of alkyl halides is 3. The van der Waals surface area contributed by atoms with Gasteiger partial charge in [0.05, 0.1) is 5.41 Å². The van der Waals surface area contributed by atoms with E-state index in [1.165, 1.54) is 0 Å². The summed E-state index contributed by atoms with van der Waals surface area (Å²) in [7, 11) is 0. The van der Waals surface area contributed by atoms with E-state index in [4.69, 9.17) is 34.8 Å². The van der Waals surface area contributed by atoms with E-state index in [-0.39, 0.29) is 0 Å². The third-order valence-corrected chi connectivity index (χ3v) is 5.99. The highest BCUT2D eigenvalue weighted by Gasteiger charge is 2.45. The van der Waals surface area contributed by atoms with Gasteiger partial charge in [0, 0.05) is 18.1 Å². The van der Waals surface area contributed by atoms with Crippen molar-refractivity contribution in [2.75, 3.05) is 0 Å². The van der Waals surface area contributed by atoms with Crippen LogP contribution in [0.2, 0.25) is 0 Å². The molecule has 1 amide bonds. The Morgan fingerprint density at radius 2 is 1.59 bits per heavy atom. The Kier molecular flexibility index (Phi) is 4.89. The van der Waals surface area contributed by atoms with Gasteiger partial charge in [-0.15, -0.1) is 0 Å². The molecule has 3 aromatic rings. The normalized spacial score (nSPS) is 16.3. The van der Waals surface area contributed by atoms with E-state index in [2.05, 4.69) is 33.6 Å². The maximum Gasteiger partial charge on any atom is 0.300 e. The van der Waals surface area contributed by atoms with E-state index in [1.807, 2.05) is 41.0 Å². The van der Waals surface area contributed by atoms with Crippen LogP contribution in [0.3, 0.4) is 0 Å². The molecule has 1 aliphatic rings. The minimum Gasteiger partial charge on any atom is -0.303 e. The van der Waals surface area contributed by atoms with Crippen LogP contribution in [0.1, 0.15) is 23.4 Å². The van der Waals surface area contributed by atoms with Crippen molar-refractivity contribution in [3.05, 3.63) is 82.4 Å². The Morgan fingerprint density at radius 3 is 2.11 bits per heavy atom. The van der Waals surface area contributed by atoms with Crippen LogP contribution in [0.15, 0.2) is 65.7 Å². The smallest absolute Gasteiger partial charge is 0.300 e. The van der Waals surface area contributed by atoms with Crippen LogP contribution < -0.4 is 4.80 Å². The average Bonchev–Trinajstić information content (AvgIpc) is 3.24. The summed E-state index contributed by atoms with van der Waals surface area (Å²) in [5.74, 6) is 0.0316. The van der Waals surface area contributed by atoms with Crippen molar-refractivity contribution < 1.29 is 4.79 Å². The fourth-order valence-corrected chi connectivity index (χ4v) is 4.51. The predicted molar refractivity (Wildman–Crippen MR) is 108 cm³/mol. The minimum atomic E-state index is -2.08. The Bertz CT molecular complexity index is 1000. The van der Waals surface area contributed by atoms with Gasteiger partial charge in [0.15, 0.2) is 0 Å². The van der Waals surface area contributed by atoms with Crippen molar-refractivity contribution in [1.29, 1.82) is 0 Å². The molecule has 0 saturated carbocycles. The molecule has 27 heavy (non-hydrogen) atoms. The molecule has 138 valence electrons. The van der Waals surface area contributed by atoms with Gasteiger partial charge in [-0.3, -0.25) is 4.79 Å². The summed E-state index contributed by atoms with van der Waals surface area (Å²) in [6.45, 7) is 0.668. The standard InChI is InChI=1S/C19H14Cl3N3OS/c20-19(21,22)16(26)23-17-25-12-11-18(15(25)24-27-17,13-7-3-1-4-8-13)14-9-5-2-6-10-14/h1-10H,11-12H2. The quantitative estimate of drug-likeness (QED) is 0.554. The minimum absolute atomic E-state index is 0.407. The SMILES string of the molecule is O=C(N=c1snc2n1CCC2(c1ccccc1)c1ccccc1)C(Cl)(Cl)Cl. The molecule has 1 aromatic heterocycles. The molecule has 8 heteroatoms. The first-order valence-corrected chi connectivity index (χ1v) is 10.2. The van der Waals surface area contributed by atoms with Crippen LogP contribution in [-0.2, 0) is 16.8 Å². The maximum absolute atomic E-state index is 12.0. The number of amides is 1. The summed E-state index contributed by atoms with van der Waals surface area (Å²) in [5, 5.41) is 0. The van der Waals surface area contributed by atoms with Gasteiger partial charge in [0.2, 0.25) is 4.80 Å². The van der Waals surface area contributed by atoms with Gasteiger partial charge < -0.3 is 4.57 Å². The second-order valence-corrected chi connectivity index (χ2v) is 9.25. The van der Waals surface area contributed by atoms with Gasteiger partial charge in [-0.05, 0) is 17.5 Å². The summed E-state index contributed by atoms with van der Waals surface area (Å²) >= 11 is 18.1. The van der Waals surface area contributed by atoms with Crippen LogP contribution in [0.25, 0.3) is 0 Å². The number of hydrogen-bond acceptors (Lipinski definition) is 3. The Hall–Kier alpha value is -1.66. The number of hydrogen-bond donors (Lipinski definition) is 0. The number of rotatable bonds is 2. The van der Waals surface area contributed by atoms with Crippen LogP contribution >= 0.6 is 46.3 Å². The first-order valence-electron chi connectivity index (χ1n) is 8.27. The van der Waals surface area contributed by atoms with Gasteiger partial charge in [0.25, 0.3) is 9.70 Å². The molecule has 0 atom stereocenters. The maximum atomic E-state index is 12.0. The molecule has 0 unspecified atom stereocenters. The van der Waals surface area contributed by atoms with Gasteiger partial charge in [0.1, 0.15) is 5.82 Å². The van der Waals surface area contributed by atoms with Gasteiger partial charge >= 0.3 is 0 Å². The van der Waals surface area contributed by atoms with Crippen molar-refractivity contribution in [2.45, 2.75) is 22.2 Å². The molecule has 4 nitrogen and oxygen atoms in total. The van der Waals surface area contributed by atoms with Crippen molar-refractivity contribution >= 4 is 52.2 Å². The van der Waals surface area contributed by atoms with Crippen LogP contribution in [0.4, 0.5) is 0 Å². The third-order valence-electron chi connectivity index (χ3n) is 4.77. The molecule has 0 fully saturated rings. The first kappa shape index (κ1) is 18.7. The van der Waals surface area contributed by atoms with E-state index in [9.17, 15) is 4.79 Å². The molecular formula is C19H14Cl3N3OS. The Morgan fingerprint density at radius 1 is 1.04 bits per heavy atom. The number of fused-ring (bicyclic) bond motifs is 1.